The van der Waals surface area contributed by atoms with Crippen molar-refractivity contribution in [1.82, 2.24) is 5.32 Å². The molecule has 3 heteroatoms. The van der Waals surface area contributed by atoms with Crippen molar-refractivity contribution in [2.45, 2.75) is 26.2 Å². The molecule has 0 bridgehead atoms. The Morgan fingerprint density at radius 2 is 2.27 bits per heavy atom. The molecule has 11 heavy (non-hydrogen) atoms. The molecule has 0 atom stereocenters. The SMILES string of the molecule is CCC(=O)NCC1(CN)CC1. The molecule has 64 valence electrons. The van der Waals surface area contributed by atoms with Gasteiger partial charge in [0.1, 0.15) is 0 Å². The van der Waals surface area contributed by atoms with Gasteiger partial charge in [0.05, 0.1) is 0 Å². The molecule has 0 spiro atoms. The number of rotatable bonds is 4. The number of nitrogens with one attached hydrogen (secondary N) is 1. The number of carbonyl (C=O) groups excluding carboxylic acids is 1. The molecule has 1 amide bonds. The number of nitrogens with two attached hydrogens (primary N) is 1. The summed E-state index contributed by atoms with van der Waals surface area (Å²) in [6, 6.07) is 0. The van der Waals surface area contributed by atoms with Crippen molar-refractivity contribution in [1.29, 1.82) is 0 Å². The third kappa shape index (κ3) is 2.19. The zero-order valence-corrected chi connectivity index (χ0v) is 7.02. The van der Waals surface area contributed by atoms with Gasteiger partial charge in [-0.1, -0.05) is 6.92 Å². The maximum Gasteiger partial charge on any atom is 0.219 e. The lowest BCUT2D eigenvalue weighted by Gasteiger charge is -2.12. The van der Waals surface area contributed by atoms with Crippen LogP contribution in [-0.4, -0.2) is 19.0 Å². The second kappa shape index (κ2) is 3.22. The Hall–Kier alpha value is -0.570. The monoisotopic (exact) mass is 156 g/mol. The van der Waals surface area contributed by atoms with Crippen LogP contribution in [0.1, 0.15) is 26.2 Å². The highest BCUT2D eigenvalue weighted by atomic mass is 16.1. The minimum absolute atomic E-state index is 0.129. The van der Waals surface area contributed by atoms with Gasteiger partial charge in [0.25, 0.3) is 0 Å². The molecule has 0 saturated heterocycles. The molecule has 0 heterocycles. The van der Waals surface area contributed by atoms with E-state index in [9.17, 15) is 4.79 Å². The van der Waals surface area contributed by atoms with Crippen LogP contribution >= 0.6 is 0 Å². The average molecular weight is 156 g/mol. The van der Waals surface area contributed by atoms with E-state index in [1.807, 2.05) is 6.92 Å². The van der Waals surface area contributed by atoms with Crippen LogP contribution in [-0.2, 0) is 4.79 Å². The molecule has 1 saturated carbocycles. The fourth-order valence-electron chi connectivity index (χ4n) is 1.04. The van der Waals surface area contributed by atoms with Gasteiger partial charge in [-0.15, -0.1) is 0 Å². The fourth-order valence-corrected chi connectivity index (χ4v) is 1.04. The summed E-state index contributed by atoms with van der Waals surface area (Å²) in [4.78, 5) is 10.9. The van der Waals surface area contributed by atoms with E-state index in [1.54, 1.807) is 0 Å². The van der Waals surface area contributed by atoms with Gasteiger partial charge < -0.3 is 11.1 Å². The summed E-state index contributed by atoms with van der Waals surface area (Å²) in [5.41, 5.74) is 5.81. The zero-order chi connectivity index (χ0) is 8.32. The number of carbonyl (C=O) groups is 1. The Labute approximate surface area is 67.3 Å². The minimum atomic E-state index is 0.129. The van der Waals surface area contributed by atoms with Gasteiger partial charge in [-0.3, -0.25) is 4.79 Å². The Kier molecular flexibility index (Phi) is 2.49. The maximum absolute atomic E-state index is 10.9. The first-order valence-electron chi connectivity index (χ1n) is 4.19. The highest BCUT2D eigenvalue weighted by molar-refractivity contribution is 5.75. The lowest BCUT2D eigenvalue weighted by molar-refractivity contribution is -0.121. The summed E-state index contributed by atoms with van der Waals surface area (Å²) in [5, 5.41) is 2.87. The van der Waals surface area contributed by atoms with E-state index in [0.29, 0.717) is 13.0 Å². The first-order valence-corrected chi connectivity index (χ1v) is 4.19. The summed E-state index contributed by atoms with van der Waals surface area (Å²) >= 11 is 0. The van der Waals surface area contributed by atoms with E-state index in [0.717, 1.165) is 6.54 Å². The third-order valence-electron chi connectivity index (χ3n) is 2.37. The predicted octanol–water partition coefficient (Wildman–Crippen LogP) is 0.251. The second-order valence-corrected chi connectivity index (χ2v) is 3.33. The second-order valence-electron chi connectivity index (χ2n) is 3.33. The van der Waals surface area contributed by atoms with Crippen molar-refractivity contribution >= 4 is 5.91 Å². The van der Waals surface area contributed by atoms with Crippen LogP contribution in [0.2, 0.25) is 0 Å². The first-order chi connectivity index (χ1) is 5.22. The van der Waals surface area contributed by atoms with E-state index >= 15 is 0 Å². The molecule has 0 aromatic carbocycles. The van der Waals surface area contributed by atoms with Gasteiger partial charge in [0.15, 0.2) is 0 Å². The van der Waals surface area contributed by atoms with Crippen LogP contribution in [0.4, 0.5) is 0 Å². The van der Waals surface area contributed by atoms with Crippen molar-refractivity contribution in [3.05, 3.63) is 0 Å². The number of amides is 1. The molecule has 0 aromatic rings. The summed E-state index contributed by atoms with van der Waals surface area (Å²) in [6.07, 6.45) is 2.92. The molecule has 0 unspecified atom stereocenters. The summed E-state index contributed by atoms with van der Waals surface area (Å²) in [6.45, 7) is 3.34. The van der Waals surface area contributed by atoms with E-state index in [4.69, 9.17) is 5.73 Å². The van der Waals surface area contributed by atoms with E-state index in [-0.39, 0.29) is 11.3 Å². The van der Waals surface area contributed by atoms with Crippen LogP contribution in [0.25, 0.3) is 0 Å². The number of hydrogen-bond acceptors (Lipinski definition) is 2. The standard InChI is InChI=1S/C8H16N2O/c1-2-7(11)10-6-8(5-9)3-4-8/h2-6,9H2,1H3,(H,10,11). The van der Waals surface area contributed by atoms with Crippen molar-refractivity contribution in [2.24, 2.45) is 11.1 Å². The van der Waals surface area contributed by atoms with E-state index in [1.165, 1.54) is 12.8 Å². The summed E-state index contributed by atoms with van der Waals surface area (Å²) in [7, 11) is 0. The summed E-state index contributed by atoms with van der Waals surface area (Å²) < 4.78 is 0. The lowest BCUT2D eigenvalue weighted by Crippen LogP contribution is -2.33. The molecular formula is C8H16N2O. The lowest BCUT2D eigenvalue weighted by atomic mass is 10.1. The summed E-state index contributed by atoms with van der Waals surface area (Å²) in [5.74, 6) is 0.129. The van der Waals surface area contributed by atoms with Gasteiger partial charge in [0.2, 0.25) is 5.91 Å². The van der Waals surface area contributed by atoms with Gasteiger partial charge in [-0.05, 0) is 24.8 Å². The molecular weight excluding hydrogens is 140 g/mol. The third-order valence-corrected chi connectivity index (χ3v) is 2.37. The smallest absolute Gasteiger partial charge is 0.219 e. The van der Waals surface area contributed by atoms with Crippen LogP contribution in [0.3, 0.4) is 0 Å². The van der Waals surface area contributed by atoms with Gasteiger partial charge in [-0.25, -0.2) is 0 Å². The molecule has 1 aliphatic rings. The highest BCUT2D eigenvalue weighted by Crippen LogP contribution is 2.43. The Morgan fingerprint density at radius 3 is 2.64 bits per heavy atom. The van der Waals surface area contributed by atoms with Crippen LogP contribution in [0, 0.1) is 5.41 Å². The number of hydrogen-bond donors (Lipinski definition) is 2. The molecule has 3 N–H and O–H groups in total. The largest absolute Gasteiger partial charge is 0.356 e. The van der Waals surface area contributed by atoms with Gasteiger partial charge in [0, 0.05) is 13.0 Å². The van der Waals surface area contributed by atoms with Gasteiger partial charge in [-0.2, -0.15) is 0 Å². The predicted molar refractivity (Wildman–Crippen MR) is 44.0 cm³/mol. The minimum Gasteiger partial charge on any atom is -0.356 e. The first kappa shape index (κ1) is 8.53. The average Bonchev–Trinajstić information content (AvgIpc) is 2.81. The van der Waals surface area contributed by atoms with Crippen molar-refractivity contribution in [3.63, 3.8) is 0 Å². The van der Waals surface area contributed by atoms with Crippen LogP contribution in [0.15, 0.2) is 0 Å². The van der Waals surface area contributed by atoms with Gasteiger partial charge >= 0.3 is 0 Å². The molecule has 1 rings (SSSR count). The Bertz CT molecular complexity index is 152. The topological polar surface area (TPSA) is 55.1 Å². The van der Waals surface area contributed by atoms with Crippen LogP contribution in [0.5, 0.6) is 0 Å². The molecule has 0 radical (unpaired) electrons. The normalized spacial score (nSPS) is 19.5. The quantitative estimate of drug-likeness (QED) is 0.613. The molecule has 3 nitrogen and oxygen atoms in total. The van der Waals surface area contributed by atoms with Crippen molar-refractivity contribution in [3.8, 4) is 0 Å². The Balaban J connectivity index is 2.16. The van der Waals surface area contributed by atoms with Crippen molar-refractivity contribution in [2.75, 3.05) is 13.1 Å². The van der Waals surface area contributed by atoms with Crippen LogP contribution < -0.4 is 11.1 Å². The zero-order valence-electron chi connectivity index (χ0n) is 7.02. The molecule has 1 aliphatic carbocycles. The maximum atomic E-state index is 10.9. The van der Waals surface area contributed by atoms with Crippen molar-refractivity contribution < 1.29 is 4.79 Å². The molecule has 1 fully saturated rings. The Morgan fingerprint density at radius 1 is 1.64 bits per heavy atom. The highest BCUT2D eigenvalue weighted by Gasteiger charge is 2.40. The molecule has 0 aromatic heterocycles. The fraction of sp³-hybridized carbons (Fsp3) is 0.875. The molecule has 0 aliphatic heterocycles. The van der Waals surface area contributed by atoms with E-state index < -0.39 is 0 Å². The van der Waals surface area contributed by atoms with E-state index in [2.05, 4.69) is 5.32 Å².